The molecule has 0 saturated carbocycles. The van der Waals surface area contributed by atoms with E-state index in [1.54, 1.807) is 0 Å². The minimum absolute atomic E-state index is 0.0156. The fourth-order valence-corrected chi connectivity index (χ4v) is 3.96. The van der Waals surface area contributed by atoms with Gasteiger partial charge < -0.3 is 15.0 Å². The van der Waals surface area contributed by atoms with Crippen molar-refractivity contribution in [3.8, 4) is 0 Å². The SMILES string of the molecule is CCNC(=NCC(c1ccccc1)N(CC)CC)N1CCC(C(=O)OCC)CC1. The summed E-state index contributed by atoms with van der Waals surface area (Å²) in [4.78, 5) is 21.8. The summed E-state index contributed by atoms with van der Waals surface area (Å²) in [6.07, 6.45) is 1.64. The van der Waals surface area contributed by atoms with Crippen LogP contribution >= 0.6 is 0 Å². The lowest BCUT2D eigenvalue weighted by molar-refractivity contribution is -0.149. The van der Waals surface area contributed by atoms with Crippen LogP contribution in [0.5, 0.6) is 0 Å². The van der Waals surface area contributed by atoms with Crippen molar-refractivity contribution in [1.82, 2.24) is 15.1 Å². The average molecular weight is 403 g/mol. The normalized spacial score (nSPS) is 16.7. The number of rotatable bonds is 9. The molecule has 0 aromatic heterocycles. The first-order valence-corrected chi connectivity index (χ1v) is 11.1. The molecule has 29 heavy (non-hydrogen) atoms. The molecule has 0 amide bonds. The Labute approximate surface area is 176 Å². The van der Waals surface area contributed by atoms with Gasteiger partial charge in [-0.1, -0.05) is 44.2 Å². The van der Waals surface area contributed by atoms with E-state index >= 15 is 0 Å². The maximum atomic E-state index is 12.0. The summed E-state index contributed by atoms with van der Waals surface area (Å²) >= 11 is 0. The van der Waals surface area contributed by atoms with Crippen molar-refractivity contribution in [2.24, 2.45) is 10.9 Å². The van der Waals surface area contributed by atoms with E-state index in [4.69, 9.17) is 9.73 Å². The van der Waals surface area contributed by atoms with Gasteiger partial charge in [-0.2, -0.15) is 0 Å². The molecule has 0 radical (unpaired) electrons. The van der Waals surface area contributed by atoms with Gasteiger partial charge in [-0.15, -0.1) is 0 Å². The topological polar surface area (TPSA) is 57.2 Å². The monoisotopic (exact) mass is 402 g/mol. The maximum Gasteiger partial charge on any atom is 0.309 e. The molecule has 1 N–H and O–H groups in total. The van der Waals surface area contributed by atoms with Crippen molar-refractivity contribution in [2.75, 3.05) is 45.9 Å². The molecule has 1 atom stereocenters. The van der Waals surface area contributed by atoms with E-state index in [2.05, 4.69) is 66.2 Å². The van der Waals surface area contributed by atoms with Crippen LogP contribution in [0.3, 0.4) is 0 Å². The Morgan fingerprint density at radius 1 is 1.17 bits per heavy atom. The number of likely N-dealkylation sites (N-methyl/N-ethyl adjacent to an activating group) is 1. The maximum absolute atomic E-state index is 12.0. The van der Waals surface area contributed by atoms with E-state index < -0.39 is 0 Å². The zero-order valence-corrected chi connectivity index (χ0v) is 18.6. The molecule has 1 aliphatic rings. The van der Waals surface area contributed by atoms with Gasteiger partial charge in [0.25, 0.3) is 0 Å². The zero-order chi connectivity index (χ0) is 21.1. The minimum atomic E-state index is -0.0558. The van der Waals surface area contributed by atoms with Crippen molar-refractivity contribution in [3.63, 3.8) is 0 Å². The lowest BCUT2D eigenvalue weighted by Crippen LogP contribution is -2.47. The molecule has 1 aromatic carbocycles. The predicted octanol–water partition coefficient (Wildman–Crippen LogP) is 3.31. The molecule has 2 rings (SSSR count). The number of aliphatic imine (C=N–C) groups is 1. The summed E-state index contributed by atoms with van der Waals surface area (Å²) in [6.45, 7) is 14.0. The molecular formula is C23H38N4O2. The number of benzene rings is 1. The molecule has 1 aliphatic heterocycles. The van der Waals surface area contributed by atoms with Crippen molar-refractivity contribution >= 4 is 11.9 Å². The first-order valence-electron chi connectivity index (χ1n) is 11.1. The van der Waals surface area contributed by atoms with Crippen LogP contribution < -0.4 is 5.32 Å². The largest absolute Gasteiger partial charge is 0.466 e. The van der Waals surface area contributed by atoms with Crippen LogP contribution in [0.4, 0.5) is 0 Å². The smallest absolute Gasteiger partial charge is 0.309 e. The zero-order valence-electron chi connectivity index (χ0n) is 18.6. The third-order valence-corrected chi connectivity index (χ3v) is 5.60. The van der Waals surface area contributed by atoms with E-state index in [0.717, 1.165) is 51.5 Å². The molecule has 6 nitrogen and oxygen atoms in total. The molecule has 162 valence electrons. The van der Waals surface area contributed by atoms with Crippen molar-refractivity contribution < 1.29 is 9.53 Å². The fourth-order valence-electron chi connectivity index (χ4n) is 3.96. The van der Waals surface area contributed by atoms with E-state index in [0.29, 0.717) is 13.2 Å². The average Bonchev–Trinajstić information content (AvgIpc) is 2.76. The molecule has 0 bridgehead atoms. The van der Waals surface area contributed by atoms with Gasteiger partial charge in [-0.05, 0) is 45.3 Å². The molecule has 1 saturated heterocycles. The summed E-state index contributed by atoms with van der Waals surface area (Å²) in [5, 5.41) is 3.44. The van der Waals surface area contributed by atoms with Crippen molar-refractivity contribution in [2.45, 2.75) is 46.6 Å². The Morgan fingerprint density at radius 3 is 2.38 bits per heavy atom. The van der Waals surface area contributed by atoms with Gasteiger partial charge in [-0.3, -0.25) is 14.7 Å². The molecule has 1 fully saturated rings. The highest BCUT2D eigenvalue weighted by molar-refractivity contribution is 5.80. The lowest BCUT2D eigenvalue weighted by Gasteiger charge is -2.34. The number of piperidine rings is 1. The number of likely N-dealkylation sites (tertiary alicyclic amines) is 1. The van der Waals surface area contributed by atoms with Gasteiger partial charge in [0.15, 0.2) is 5.96 Å². The second-order valence-electron chi connectivity index (χ2n) is 7.36. The Balaban J connectivity index is 2.09. The van der Waals surface area contributed by atoms with E-state index in [1.807, 2.05) is 6.92 Å². The number of esters is 1. The quantitative estimate of drug-likeness (QED) is 0.390. The molecular weight excluding hydrogens is 364 g/mol. The third-order valence-electron chi connectivity index (χ3n) is 5.60. The first-order chi connectivity index (χ1) is 14.1. The number of carbonyl (C=O) groups is 1. The van der Waals surface area contributed by atoms with E-state index in [-0.39, 0.29) is 17.9 Å². The van der Waals surface area contributed by atoms with Crippen LogP contribution in [0, 0.1) is 5.92 Å². The lowest BCUT2D eigenvalue weighted by atomic mass is 9.97. The van der Waals surface area contributed by atoms with Crippen LogP contribution in [0.2, 0.25) is 0 Å². The molecule has 6 heteroatoms. The highest BCUT2D eigenvalue weighted by Crippen LogP contribution is 2.22. The van der Waals surface area contributed by atoms with Gasteiger partial charge in [0.1, 0.15) is 0 Å². The summed E-state index contributed by atoms with van der Waals surface area (Å²) < 4.78 is 5.19. The Morgan fingerprint density at radius 2 is 1.83 bits per heavy atom. The molecule has 0 aliphatic carbocycles. The van der Waals surface area contributed by atoms with E-state index in [9.17, 15) is 4.79 Å². The highest BCUT2D eigenvalue weighted by Gasteiger charge is 2.27. The molecule has 1 aromatic rings. The van der Waals surface area contributed by atoms with Crippen LogP contribution in [0.15, 0.2) is 35.3 Å². The summed E-state index contributed by atoms with van der Waals surface area (Å²) in [5.74, 6) is 0.907. The highest BCUT2D eigenvalue weighted by atomic mass is 16.5. The summed E-state index contributed by atoms with van der Waals surface area (Å²) in [7, 11) is 0. The number of hydrogen-bond acceptors (Lipinski definition) is 4. The summed E-state index contributed by atoms with van der Waals surface area (Å²) in [6, 6.07) is 10.9. The van der Waals surface area contributed by atoms with Gasteiger partial charge in [0.2, 0.25) is 0 Å². The van der Waals surface area contributed by atoms with Crippen molar-refractivity contribution in [1.29, 1.82) is 0 Å². The number of guanidine groups is 1. The number of ether oxygens (including phenoxy) is 1. The second-order valence-corrected chi connectivity index (χ2v) is 7.36. The molecule has 1 heterocycles. The van der Waals surface area contributed by atoms with Crippen LogP contribution in [-0.2, 0) is 9.53 Å². The van der Waals surface area contributed by atoms with Crippen LogP contribution in [-0.4, -0.2) is 67.6 Å². The Hall–Kier alpha value is -2.08. The fraction of sp³-hybridized carbons (Fsp3) is 0.652. The molecule has 1 unspecified atom stereocenters. The van der Waals surface area contributed by atoms with Crippen molar-refractivity contribution in [3.05, 3.63) is 35.9 Å². The van der Waals surface area contributed by atoms with E-state index in [1.165, 1.54) is 5.56 Å². The second kappa shape index (κ2) is 12.5. The summed E-state index contributed by atoms with van der Waals surface area (Å²) in [5.41, 5.74) is 1.30. The third kappa shape index (κ3) is 6.74. The number of hydrogen-bond donors (Lipinski definition) is 1. The van der Waals surface area contributed by atoms with Crippen LogP contribution in [0.25, 0.3) is 0 Å². The predicted molar refractivity (Wildman–Crippen MR) is 119 cm³/mol. The first kappa shape index (κ1) is 23.2. The number of carbonyl (C=O) groups excluding carboxylic acids is 1. The molecule has 0 spiro atoms. The number of nitrogens with one attached hydrogen (secondary N) is 1. The standard InChI is InChI=1S/C23H38N4O2/c1-5-24-23(27-16-14-20(15-17-27)22(28)29-8-4)25-18-21(26(6-2)7-3)19-12-10-9-11-13-19/h9-13,20-21H,5-8,14-18H2,1-4H3,(H,24,25). The van der Waals surface area contributed by atoms with Gasteiger partial charge in [-0.25, -0.2) is 0 Å². The Kier molecular flexibility index (Phi) is 9.98. The van der Waals surface area contributed by atoms with Gasteiger partial charge >= 0.3 is 5.97 Å². The van der Waals surface area contributed by atoms with Crippen LogP contribution in [0.1, 0.15) is 52.1 Å². The van der Waals surface area contributed by atoms with Gasteiger partial charge in [0.05, 0.1) is 25.1 Å². The number of nitrogens with zero attached hydrogens (tertiary/aromatic N) is 3. The Bertz CT molecular complexity index is 623. The minimum Gasteiger partial charge on any atom is -0.466 e. The van der Waals surface area contributed by atoms with Gasteiger partial charge in [0, 0.05) is 19.6 Å².